The number of rotatable bonds is 9. The lowest BCUT2D eigenvalue weighted by atomic mass is 9.98. The molecule has 1 saturated carbocycles. The summed E-state index contributed by atoms with van der Waals surface area (Å²) < 4.78 is 37.0. The number of piperazine rings is 1. The Morgan fingerprint density at radius 2 is 1.91 bits per heavy atom. The molecule has 0 spiro atoms. The van der Waals surface area contributed by atoms with Gasteiger partial charge >= 0.3 is 6.09 Å². The quantitative estimate of drug-likeness (QED) is 0.505. The first-order valence-corrected chi connectivity index (χ1v) is 13.6. The van der Waals surface area contributed by atoms with Crippen LogP contribution >= 0.6 is 0 Å². The second-order valence-corrected chi connectivity index (χ2v) is 11.6. The fraction of sp³-hybridized carbons (Fsp3) is 0.727. The molecule has 0 radical (unpaired) electrons. The highest BCUT2D eigenvalue weighted by Crippen LogP contribution is 2.39. The number of hydrogen-bond donors (Lipinski definition) is 1. The number of likely N-dealkylation sites (tertiary alicyclic amines) is 1. The molecule has 13 heteroatoms. The molecule has 2 amide bonds. The average molecular weight is 512 g/mol. The minimum absolute atomic E-state index is 0.134. The van der Waals surface area contributed by atoms with E-state index in [1.807, 2.05) is 6.92 Å². The molecule has 2 saturated heterocycles. The van der Waals surface area contributed by atoms with E-state index in [1.165, 1.54) is 17.3 Å². The molecule has 194 valence electrons. The Kier molecular flexibility index (Phi) is 7.77. The largest absolute Gasteiger partial charge is 0.476 e. The fourth-order valence-electron chi connectivity index (χ4n) is 4.07. The molecule has 3 fully saturated rings. The van der Waals surface area contributed by atoms with E-state index < -0.39 is 10.0 Å². The van der Waals surface area contributed by atoms with Crippen LogP contribution < -0.4 is 9.64 Å². The summed E-state index contributed by atoms with van der Waals surface area (Å²) in [5.41, 5.74) is -0.266. The standard InChI is InChI=1S/C22H33N5O7S/c1-22(5-6-22)34-21(30)25-7-3-17(4-8-25)16-33-19-14-23-18(13-24-19)27-10-9-26(15-20(27)29)35(31,32)12-2-11-28/h13-14,17,28H,2-12,15-16H2,1H3. The monoisotopic (exact) mass is 511 g/mol. The third-order valence-corrected chi connectivity index (χ3v) is 8.56. The van der Waals surface area contributed by atoms with Crippen molar-refractivity contribution in [3.63, 3.8) is 0 Å². The molecular formula is C22H33N5O7S. The van der Waals surface area contributed by atoms with E-state index in [0.717, 1.165) is 30.0 Å². The minimum Gasteiger partial charge on any atom is -0.476 e. The zero-order valence-corrected chi connectivity index (χ0v) is 20.8. The van der Waals surface area contributed by atoms with Crippen LogP contribution in [0.3, 0.4) is 0 Å². The van der Waals surface area contributed by atoms with E-state index >= 15 is 0 Å². The Morgan fingerprint density at radius 3 is 2.51 bits per heavy atom. The maximum absolute atomic E-state index is 12.5. The summed E-state index contributed by atoms with van der Waals surface area (Å²) in [6.07, 6.45) is 6.30. The fourth-order valence-corrected chi connectivity index (χ4v) is 5.49. The van der Waals surface area contributed by atoms with Gasteiger partial charge in [-0.1, -0.05) is 0 Å². The first-order chi connectivity index (χ1) is 16.7. The summed E-state index contributed by atoms with van der Waals surface area (Å²) in [4.78, 5) is 36.4. The molecular weight excluding hydrogens is 478 g/mol. The molecule has 1 aromatic heterocycles. The van der Waals surface area contributed by atoms with E-state index in [-0.39, 0.29) is 56.0 Å². The van der Waals surface area contributed by atoms with Crippen LogP contribution in [0.5, 0.6) is 5.88 Å². The van der Waals surface area contributed by atoms with Gasteiger partial charge in [0.25, 0.3) is 0 Å². The van der Waals surface area contributed by atoms with Crippen molar-refractivity contribution in [2.45, 2.75) is 44.6 Å². The molecule has 2 aliphatic heterocycles. The number of anilines is 1. The van der Waals surface area contributed by atoms with Gasteiger partial charge in [-0.25, -0.2) is 23.2 Å². The number of aromatic nitrogens is 2. The molecule has 4 rings (SSSR count). The molecule has 0 aromatic carbocycles. The second kappa shape index (κ2) is 10.6. The van der Waals surface area contributed by atoms with Gasteiger partial charge < -0.3 is 19.5 Å². The first-order valence-electron chi connectivity index (χ1n) is 12.0. The number of nitrogens with zero attached hydrogens (tertiary/aromatic N) is 5. The Labute approximate surface area is 205 Å². The number of hydrogen-bond acceptors (Lipinski definition) is 9. The summed E-state index contributed by atoms with van der Waals surface area (Å²) in [6.45, 7) is 3.53. The highest BCUT2D eigenvalue weighted by atomic mass is 32.2. The summed E-state index contributed by atoms with van der Waals surface area (Å²) in [5, 5.41) is 8.87. The van der Waals surface area contributed by atoms with Crippen LogP contribution in [0.1, 0.15) is 39.0 Å². The third-order valence-electron chi connectivity index (χ3n) is 6.66. The normalized spacial score (nSPS) is 21.1. The van der Waals surface area contributed by atoms with Crippen molar-refractivity contribution in [2.24, 2.45) is 5.92 Å². The van der Waals surface area contributed by atoms with Crippen molar-refractivity contribution in [3.05, 3.63) is 12.4 Å². The number of aliphatic hydroxyl groups excluding tert-OH is 1. The zero-order valence-electron chi connectivity index (χ0n) is 20.0. The van der Waals surface area contributed by atoms with E-state index in [1.54, 1.807) is 4.90 Å². The number of carbonyl (C=O) groups excluding carboxylic acids is 2. The number of aliphatic hydroxyl groups is 1. The van der Waals surface area contributed by atoms with Gasteiger partial charge in [0, 0.05) is 32.8 Å². The SMILES string of the molecule is CC1(OC(=O)N2CCC(COc3cnc(N4CCN(S(=O)(=O)CCCO)CC4=O)cn3)CC2)CC1. The number of amides is 2. The van der Waals surface area contributed by atoms with Gasteiger partial charge in [0.15, 0.2) is 5.82 Å². The van der Waals surface area contributed by atoms with Gasteiger partial charge in [0.2, 0.25) is 21.8 Å². The van der Waals surface area contributed by atoms with E-state index in [0.29, 0.717) is 37.3 Å². The van der Waals surface area contributed by atoms with Crippen molar-refractivity contribution in [1.29, 1.82) is 0 Å². The first kappa shape index (κ1) is 25.6. The summed E-state index contributed by atoms with van der Waals surface area (Å²) >= 11 is 0. The number of ether oxygens (including phenoxy) is 2. The van der Waals surface area contributed by atoms with Crippen LogP contribution in [0.25, 0.3) is 0 Å². The Hall–Kier alpha value is -2.51. The lowest BCUT2D eigenvalue weighted by molar-refractivity contribution is -0.120. The van der Waals surface area contributed by atoms with Gasteiger partial charge in [0.05, 0.1) is 31.3 Å². The Morgan fingerprint density at radius 1 is 1.17 bits per heavy atom. The van der Waals surface area contributed by atoms with Gasteiger partial charge in [-0.2, -0.15) is 4.31 Å². The molecule has 12 nitrogen and oxygen atoms in total. The van der Waals surface area contributed by atoms with Crippen LogP contribution in [0, 0.1) is 5.92 Å². The second-order valence-electron chi connectivity index (χ2n) is 9.54. The number of sulfonamides is 1. The van der Waals surface area contributed by atoms with Crippen LogP contribution in [-0.4, -0.2) is 102 Å². The van der Waals surface area contributed by atoms with Gasteiger partial charge in [0.1, 0.15) is 5.60 Å². The molecule has 0 bridgehead atoms. The lowest BCUT2D eigenvalue weighted by Gasteiger charge is -2.33. The zero-order chi connectivity index (χ0) is 25.1. The van der Waals surface area contributed by atoms with Crippen LogP contribution in [0.15, 0.2) is 12.4 Å². The smallest absolute Gasteiger partial charge is 0.410 e. The summed E-state index contributed by atoms with van der Waals surface area (Å²) in [6, 6.07) is 0. The van der Waals surface area contributed by atoms with Crippen molar-refractivity contribution < 1.29 is 32.6 Å². The minimum atomic E-state index is -3.58. The van der Waals surface area contributed by atoms with Crippen molar-refractivity contribution in [2.75, 3.05) is 56.6 Å². The Balaban J connectivity index is 1.21. The molecule has 0 atom stereocenters. The molecule has 3 heterocycles. The molecule has 0 unspecified atom stereocenters. The highest BCUT2D eigenvalue weighted by molar-refractivity contribution is 7.89. The molecule has 35 heavy (non-hydrogen) atoms. The summed E-state index contributed by atoms with van der Waals surface area (Å²) in [7, 11) is -3.58. The van der Waals surface area contributed by atoms with Crippen molar-refractivity contribution in [3.8, 4) is 5.88 Å². The predicted octanol–water partition coefficient (Wildman–Crippen LogP) is 0.617. The van der Waals surface area contributed by atoms with Crippen molar-refractivity contribution >= 4 is 27.8 Å². The maximum Gasteiger partial charge on any atom is 0.410 e. The van der Waals surface area contributed by atoms with Gasteiger partial charge in [-0.15, -0.1) is 0 Å². The van der Waals surface area contributed by atoms with Crippen LogP contribution in [0.4, 0.5) is 10.6 Å². The van der Waals surface area contributed by atoms with Gasteiger partial charge in [-0.05, 0) is 44.9 Å². The Bertz CT molecular complexity index is 1010. The van der Waals surface area contributed by atoms with E-state index in [4.69, 9.17) is 14.6 Å². The van der Waals surface area contributed by atoms with E-state index in [2.05, 4.69) is 9.97 Å². The molecule has 1 N–H and O–H groups in total. The third kappa shape index (κ3) is 6.58. The topological polar surface area (TPSA) is 142 Å². The number of carbonyl (C=O) groups is 2. The van der Waals surface area contributed by atoms with Crippen molar-refractivity contribution in [1.82, 2.24) is 19.2 Å². The average Bonchev–Trinajstić information content (AvgIpc) is 3.58. The van der Waals surface area contributed by atoms with Crippen LogP contribution in [0.2, 0.25) is 0 Å². The highest BCUT2D eigenvalue weighted by Gasteiger charge is 2.43. The molecule has 1 aromatic rings. The summed E-state index contributed by atoms with van der Waals surface area (Å²) in [5.74, 6) is 0.402. The van der Waals surface area contributed by atoms with Gasteiger partial charge in [-0.3, -0.25) is 9.69 Å². The maximum atomic E-state index is 12.5. The van der Waals surface area contributed by atoms with Crippen LogP contribution in [-0.2, 0) is 19.6 Å². The lowest BCUT2D eigenvalue weighted by Crippen LogP contribution is -2.53. The number of piperidine rings is 1. The van der Waals surface area contributed by atoms with E-state index in [9.17, 15) is 18.0 Å². The molecule has 1 aliphatic carbocycles. The molecule has 3 aliphatic rings. The predicted molar refractivity (Wildman–Crippen MR) is 125 cm³/mol.